The van der Waals surface area contributed by atoms with Crippen LogP contribution in [-0.2, 0) is 9.53 Å². The van der Waals surface area contributed by atoms with Crippen LogP contribution >= 0.6 is 12.4 Å². The zero-order chi connectivity index (χ0) is 16.2. The van der Waals surface area contributed by atoms with Crippen LogP contribution in [-0.4, -0.2) is 48.6 Å². The minimum absolute atomic E-state index is 0. The summed E-state index contributed by atoms with van der Waals surface area (Å²) in [5.41, 5.74) is 7.10. The summed E-state index contributed by atoms with van der Waals surface area (Å²) in [5.74, 6) is -0.152. The average Bonchev–Trinajstić information content (AvgIpc) is 3.10. The van der Waals surface area contributed by atoms with Crippen LogP contribution in [0.25, 0.3) is 0 Å². The molecule has 1 unspecified atom stereocenters. The standard InChI is InChI=1S/C17H23N3O3.ClH/c18-13-6-8-20(9-7-13)17(22)12-3-1-4-14(11-12)19-16(21)15-5-2-10-23-15;/h1,3-4,11,13,15H,2,5-10,18H2,(H,19,21);1H. The number of hydrogen-bond donors (Lipinski definition) is 2. The molecule has 0 spiro atoms. The largest absolute Gasteiger partial charge is 0.368 e. The van der Waals surface area contributed by atoms with Crippen molar-refractivity contribution in [3.8, 4) is 0 Å². The molecular formula is C17H24ClN3O3. The predicted molar refractivity (Wildman–Crippen MR) is 94.4 cm³/mol. The van der Waals surface area contributed by atoms with Gasteiger partial charge >= 0.3 is 0 Å². The molecule has 2 aliphatic heterocycles. The zero-order valence-electron chi connectivity index (χ0n) is 13.6. The van der Waals surface area contributed by atoms with Gasteiger partial charge in [-0.3, -0.25) is 9.59 Å². The lowest BCUT2D eigenvalue weighted by Crippen LogP contribution is -2.42. The number of likely N-dealkylation sites (tertiary alicyclic amines) is 1. The van der Waals surface area contributed by atoms with Crippen LogP contribution in [0.5, 0.6) is 0 Å². The van der Waals surface area contributed by atoms with E-state index in [9.17, 15) is 9.59 Å². The second-order valence-electron chi connectivity index (χ2n) is 6.20. The highest BCUT2D eigenvalue weighted by Gasteiger charge is 2.24. The zero-order valence-corrected chi connectivity index (χ0v) is 14.4. The third-order valence-corrected chi connectivity index (χ3v) is 4.43. The Balaban J connectivity index is 0.00000208. The van der Waals surface area contributed by atoms with Crippen LogP contribution < -0.4 is 11.1 Å². The Morgan fingerprint density at radius 3 is 2.62 bits per heavy atom. The van der Waals surface area contributed by atoms with Crippen molar-refractivity contribution in [1.82, 2.24) is 4.90 Å². The molecule has 24 heavy (non-hydrogen) atoms. The maximum absolute atomic E-state index is 12.5. The summed E-state index contributed by atoms with van der Waals surface area (Å²) in [5, 5.41) is 2.83. The number of benzene rings is 1. The van der Waals surface area contributed by atoms with E-state index in [1.807, 2.05) is 4.90 Å². The summed E-state index contributed by atoms with van der Waals surface area (Å²) in [6, 6.07) is 7.27. The summed E-state index contributed by atoms with van der Waals surface area (Å²) in [6.45, 7) is 2.01. The molecule has 6 nitrogen and oxygen atoms in total. The highest BCUT2D eigenvalue weighted by Crippen LogP contribution is 2.18. The van der Waals surface area contributed by atoms with Crippen molar-refractivity contribution in [1.29, 1.82) is 0 Å². The predicted octanol–water partition coefficient (Wildman–Crippen LogP) is 1.79. The number of carbonyl (C=O) groups is 2. The summed E-state index contributed by atoms with van der Waals surface area (Å²) < 4.78 is 5.37. The van der Waals surface area contributed by atoms with Gasteiger partial charge in [0.1, 0.15) is 6.10 Å². The van der Waals surface area contributed by atoms with Crippen LogP contribution in [0.15, 0.2) is 24.3 Å². The van der Waals surface area contributed by atoms with Gasteiger partial charge < -0.3 is 20.7 Å². The quantitative estimate of drug-likeness (QED) is 0.867. The SMILES string of the molecule is Cl.NC1CCN(C(=O)c2cccc(NC(=O)C3CCCO3)c2)CC1. The van der Waals surface area contributed by atoms with Gasteiger partial charge in [-0.05, 0) is 43.9 Å². The number of anilines is 1. The molecular weight excluding hydrogens is 330 g/mol. The molecule has 0 aromatic heterocycles. The molecule has 1 aromatic rings. The lowest BCUT2D eigenvalue weighted by Gasteiger charge is -2.30. The minimum atomic E-state index is -0.377. The van der Waals surface area contributed by atoms with Gasteiger partial charge in [-0.25, -0.2) is 0 Å². The number of carbonyl (C=O) groups excluding carboxylic acids is 2. The van der Waals surface area contributed by atoms with Crippen molar-refractivity contribution in [3.05, 3.63) is 29.8 Å². The van der Waals surface area contributed by atoms with Gasteiger partial charge in [0, 0.05) is 37.0 Å². The van der Waals surface area contributed by atoms with Crippen molar-refractivity contribution >= 4 is 29.9 Å². The third kappa shape index (κ3) is 4.47. The Labute approximate surface area is 148 Å². The maximum atomic E-state index is 12.5. The fourth-order valence-corrected chi connectivity index (χ4v) is 3.02. The molecule has 0 aliphatic carbocycles. The van der Waals surface area contributed by atoms with E-state index in [4.69, 9.17) is 10.5 Å². The molecule has 2 aliphatic rings. The lowest BCUT2D eigenvalue weighted by atomic mass is 10.0. The summed E-state index contributed by atoms with van der Waals surface area (Å²) in [6.07, 6.45) is 2.95. The van der Waals surface area contributed by atoms with E-state index in [0.717, 1.165) is 25.7 Å². The fourth-order valence-electron chi connectivity index (χ4n) is 3.02. The van der Waals surface area contributed by atoms with Gasteiger partial charge in [-0.2, -0.15) is 0 Å². The van der Waals surface area contributed by atoms with Gasteiger partial charge in [0.15, 0.2) is 0 Å². The van der Waals surface area contributed by atoms with Gasteiger partial charge in [-0.15, -0.1) is 12.4 Å². The number of hydrogen-bond acceptors (Lipinski definition) is 4. The summed E-state index contributed by atoms with van der Waals surface area (Å²) in [7, 11) is 0. The van der Waals surface area contributed by atoms with E-state index in [1.54, 1.807) is 24.3 Å². The first kappa shape index (κ1) is 18.7. The van der Waals surface area contributed by atoms with E-state index in [-0.39, 0.29) is 36.4 Å². The highest BCUT2D eigenvalue weighted by molar-refractivity contribution is 5.98. The topological polar surface area (TPSA) is 84.7 Å². The van der Waals surface area contributed by atoms with Gasteiger partial charge in [0.05, 0.1) is 0 Å². The van der Waals surface area contributed by atoms with E-state index in [0.29, 0.717) is 30.9 Å². The van der Waals surface area contributed by atoms with Crippen LogP contribution in [0.4, 0.5) is 5.69 Å². The van der Waals surface area contributed by atoms with Gasteiger partial charge in [0.25, 0.3) is 11.8 Å². The first-order chi connectivity index (χ1) is 11.1. The lowest BCUT2D eigenvalue weighted by molar-refractivity contribution is -0.124. The third-order valence-electron chi connectivity index (χ3n) is 4.43. The smallest absolute Gasteiger partial charge is 0.253 e. The normalized spacial score (nSPS) is 21.2. The fraction of sp³-hybridized carbons (Fsp3) is 0.529. The number of rotatable bonds is 3. The second kappa shape index (κ2) is 8.46. The minimum Gasteiger partial charge on any atom is -0.368 e. The number of nitrogens with one attached hydrogen (secondary N) is 1. The number of nitrogens with zero attached hydrogens (tertiary/aromatic N) is 1. The Kier molecular flexibility index (Phi) is 6.60. The molecule has 2 heterocycles. The molecule has 2 amide bonds. The number of halogens is 1. The Hall–Kier alpha value is -1.63. The molecule has 0 bridgehead atoms. The molecule has 1 aromatic carbocycles. The summed E-state index contributed by atoms with van der Waals surface area (Å²) in [4.78, 5) is 26.5. The Morgan fingerprint density at radius 2 is 1.96 bits per heavy atom. The van der Waals surface area contributed by atoms with E-state index >= 15 is 0 Å². The molecule has 3 N–H and O–H groups in total. The van der Waals surface area contributed by atoms with E-state index in [2.05, 4.69) is 5.32 Å². The van der Waals surface area contributed by atoms with Crippen molar-refractivity contribution in [2.75, 3.05) is 25.0 Å². The summed E-state index contributed by atoms with van der Waals surface area (Å²) >= 11 is 0. The molecule has 7 heteroatoms. The number of ether oxygens (including phenoxy) is 1. The molecule has 0 radical (unpaired) electrons. The van der Waals surface area contributed by atoms with Gasteiger partial charge in [-0.1, -0.05) is 6.07 Å². The number of nitrogens with two attached hydrogens (primary N) is 1. The van der Waals surface area contributed by atoms with Crippen LogP contribution in [0.2, 0.25) is 0 Å². The molecule has 3 rings (SSSR count). The average molecular weight is 354 g/mol. The second-order valence-corrected chi connectivity index (χ2v) is 6.20. The molecule has 2 fully saturated rings. The highest BCUT2D eigenvalue weighted by atomic mass is 35.5. The van der Waals surface area contributed by atoms with Crippen LogP contribution in [0, 0.1) is 0 Å². The van der Waals surface area contributed by atoms with Crippen molar-refractivity contribution in [3.63, 3.8) is 0 Å². The Morgan fingerprint density at radius 1 is 1.21 bits per heavy atom. The van der Waals surface area contributed by atoms with E-state index < -0.39 is 0 Å². The van der Waals surface area contributed by atoms with Gasteiger partial charge in [0.2, 0.25) is 0 Å². The molecule has 1 atom stereocenters. The molecule has 132 valence electrons. The maximum Gasteiger partial charge on any atom is 0.253 e. The van der Waals surface area contributed by atoms with Crippen molar-refractivity contribution in [2.24, 2.45) is 5.73 Å². The van der Waals surface area contributed by atoms with E-state index in [1.165, 1.54) is 0 Å². The Bertz CT molecular complexity index is 582. The first-order valence-electron chi connectivity index (χ1n) is 8.21. The van der Waals surface area contributed by atoms with Crippen LogP contribution in [0.3, 0.4) is 0 Å². The number of piperidine rings is 1. The first-order valence-corrected chi connectivity index (χ1v) is 8.21. The monoisotopic (exact) mass is 353 g/mol. The number of amides is 2. The van der Waals surface area contributed by atoms with Crippen molar-refractivity contribution in [2.45, 2.75) is 37.8 Å². The van der Waals surface area contributed by atoms with Crippen molar-refractivity contribution < 1.29 is 14.3 Å². The molecule has 2 saturated heterocycles. The molecule has 0 saturated carbocycles. The van der Waals surface area contributed by atoms with Crippen LogP contribution in [0.1, 0.15) is 36.0 Å².